The second-order valence-electron chi connectivity index (χ2n) is 7.26. The fourth-order valence-corrected chi connectivity index (χ4v) is 2.58. The molecular weight excluding hydrogens is 332 g/mol. The van der Waals surface area contributed by atoms with Gasteiger partial charge in [0.2, 0.25) is 0 Å². The van der Waals surface area contributed by atoms with Crippen LogP contribution in [0.1, 0.15) is 84.0 Å². The maximum absolute atomic E-state index is 11.7. The predicted molar refractivity (Wildman–Crippen MR) is 105 cm³/mol. The van der Waals surface area contributed by atoms with Crippen LogP contribution in [0.25, 0.3) is 0 Å². The first kappa shape index (κ1) is 25.1. The Balaban J connectivity index is 3.49. The van der Waals surface area contributed by atoms with E-state index in [-0.39, 0.29) is 12.6 Å². The lowest BCUT2D eigenvalue weighted by molar-refractivity contribution is -0.151. The highest BCUT2D eigenvalue weighted by molar-refractivity contribution is 5.69. The molecule has 3 N–H and O–H groups in total. The van der Waals surface area contributed by atoms with Crippen LogP contribution in [0.5, 0.6) is 0 Å². The van der Waals surface area contributed by atoms with Crippen molar-refractivity contribution in [3.63, 3.8) is 0 Å². The number of aliphatic hydroxyl groups is 3. The topological polar surface area (TPSA) is 87.0 Å². The number of unbranched alkanes of at least 4 members (excludes halogenated alkanes) is 9. The number of hydrogen-bond donors (Lipinski definition) is 3. The largest absolute Gasteiger partial charge is 0.465 e. The molecular formula is C21H40O5. The second-order valence-corrected chi connectivity index (χ2v) is 7.26. The van der Waals surface area contributed by atoms with Gasteiger partial charge in [0.05, 0.1) is 25.2 Å². The summed E-state index contributed by atoms with van der Waals surface area (Å²) in [6.07, 6.45) is 17.8. The molecule has 0 spiro atoms. The first-order valence-electron chi connectivity index (χ1n) is 10.3. The van der Waals surface area contributed by atoms with Gasteiger partial charge >= 0.3 is 5.97 Å². The Bertz CT molecular complexity index is 342. The molecule has 0 saturated heterocycles. The number of carbonyl (C=O) groups is 1. The lowest BCUT2D eigenvalue weighted by Crippen LogP contribution is -2.39. The summed E-state index contributed by atoms with van der Waals surface area (Å²) in [5.41, 5.74) is -1.14. The highest BCUT2D eigenvalue weighted by Gasteiger charge is 2.29. The molecule has 154 valence electrons. The lowest BCUT2D eigenvalue weighted by Gasteiger charge is -2.26. The minimum absolute atomic E-state index is 0.153. The molecule has 0 atom stereocenters. The highest BCUT2D eigenvalue weighted by atomic mass is 16.5. The van der Waals surface area contributed by atoms with E-state index in [1.807, 2.05) is 0 Å². The Morgan fingerprint density at radius 3 is 1.85 bits per heavy atom. The fourth-order valence-electron chi connectivity index (χ4n) is 2.58. The van der Waals surface area contributed by atoms with Crippen LogP contribution in [0, 0.1) is 5.41 Å². The van der Waals surface area contributed by atoms with Crippen LogP contribution < -0.4 is 0 Å². The molecule has 5 nitrogen and oxygen atoms in total. The zero-order valence-electron chi connectivity index (χ0n) is 16.6. The first-order valence-corrected chi connectivity index (χ1v) is 10.3. The third-order valence-corrected chi connectivity index (χ3v) is 4.69. The number of ether oxygens (including phenoxy) is 1. The molecule has 0 aliphatic rings. The van der Waals surface area contributed by atoms with Crippen molar-refractivity contribution in [2.75, 3.05) is 26.4 Å². The molecule has 0 rings (SSSR count). The van der Waals surface area contributed by atoms with Crippen LogP contribution in [0.3, 0.4) is 0 Å². The summed E-state index contributed by atoms with van der Waals surface area (Å²) in [5.74, 6) is -0.337. The van der Waals surface area contributed by atoms with E-state index in [2.05, 4.69) is 19.1 Å². The molecule has 26 heavy (non-hydrogen) atoms. The van der Waals surface area contributed by atoms with Gasteiger partial charge in [-0.15, -0.1) is 0 Å². The Kier molecular flexibility index (Phi) is 16.9. The molecule has 0 aromatic carbocycles. The van der Waals surface area contributed by atoms with Gasteiger partial charge in [0.15, 0.2) is 0 Å². The molecule has 0 amide bonds. The van der Waals surface area contributed by atoms with Crippen LogP contribution in [0.2, 0.25) is 0 Å². The SMILES string of the molecule is CCCCCC/C=C\CCCCCCCC(=O)OCC(CO)(CO)CO. The number of aliphatic hydroxyl groups excluding tert-OH is 3. The van der Waals surface area contributed by atoms with E-state index in [9.17, 15) is 20.1 Å². The summed E-state index contributed by atoms with van der Waals surface area (Å²) in [4.78, 5) is 11.7. The van der Waals surface area contributed by atoms with E-state index in [1.54, 1.807) is 0 Å². The quantitative estimate of drug-likeness (QED) is 0.194. The molecule has 0 aliphatic heterocycles. The summed E-state index contributed by atoms with van der Waals surface area (Å²) in [6.45, 7) is 0.830. The monoisotopic (exact) mass is 372 g/mol. The number of hydrogen-bond acceptors (Lipinski definition) is 5. The molecule has 0 fully saturated rings. The molecule has 0 saturated carbocycles. The number of esters is 1. The normalized spacial score (nSPS) is 12.0. The van der Waals surface area contributed by atoms with E-state index in [1.165, 1.54) is 44.9 Å². The van der Waals surface area contributed by atoms with Crippen molar-refractivity contribution >= 4 is 5.97 Å². The van der Waals surface area contributed by atoms with E-state index in [4.69, 9.17) is 4.74 Å². The summed E-state index contributed by atoms with van der Waals surface area (Å²) < 4.78 is 5.06. The third-order valence-electron chi connectivity index (χ3n) is 4.69. The highest BCUT2D eigenvalue weighted by Crippen LogP contribution is 2.16. The zero-order chi connectivity index (χ0) is 19.5. The van der Waals surface area contributed by atoms with Gasteiger partial charge < -0.3 is 20.1 Å². The molecule has 0 heterocycles. The van der Waals surface area contributed by atoms with Gasteiger partial charge in [-0.05, 0) is 32.1 Å². The molecule has 5 heteroatoms. The molecule has 0 aromatic rings. The molecule has 0 radical (unpaired) electrons. The average molecular weight is 373 g/mol. The summed E-state index contributed by atoms with van der Waals surface area (Å²) in [5, 5.41) is 27.5. The van der Waals surface area contributed by atoms with Crippen molar-refractivity contribution in [3.05, 3.63) is 12.2 Å². The molecule has 0 bridgehead atoms. The van der Waals surface area contributed by atoms with Crippen molar-refractivity contribution in [1.82, 2.24) is 0 Å². The predicted octanol–water partition coefficient (Wildman–Crippen LogP) is 3.75. The van der Waals surface area contributed by atoms with Crippen molar-refractivity contribution in [2.24, 2.45) is 5.41 Å². The number of carbonyl (C=O) groups excluding carboxylic acids is 1. The second kappa shape index (κ2) is 17.5. The zero-order valence-corrected chi connectivity index (χ0v) is 16.6. The Morgan fingerprint density at radius 2 is 1.31 bits per heavy atom. The number of allylic oxidation sites excluding steroid dienone is 2. The van der Waals surface area contributed by atoms with E-state index in [0.29, 0.717) is 6.42 Å². The Morgan fingerprint density at radius 1 is 0.808 bits per heavy atom. The van der Waals surface area contributed by atoms with Gasteiger partial charge in [-0.3, -0.25) is 4.79 Å². The van der Waals surface area contributed by atoms with E-state index < -0.39 is 25.2 Å². The van der Waals surface area contributed by atoms with Crippen molar-refractivity contribution in [2.45, 2.75) is 84.0 Å². The summed E-state index contributed by atoms with van der Waals surface area (Å²) >= 11 is 0. The Labute approximate surface area is 159 Å². The van der Waals surface area contributed by atoms with Crippen LogP contribution in [-0.2, 0) is 9.53 Å². The van der Waals surface area contributed by atoms with Gasteiger partial charge in [-0.25, -0.2) is 0 Å². The minimum Gasteiger partial charge on any atom is -0.465 e. The van der Waals surface area contributed by atoms with Gasteiger partial charge in [0.25, 0.3) is 0 Å². The molecule has 0 aromatic heterocycles. The maximum atomic E-state index is 11.7. The van der Waals surface area contributed by atoms with E-state index in [0.717, 1.165) is 25.7 Å². The van der Waals surface area contributed by atoms with Crippen LogP contribution in [-0.4, -0.2) is 47.7 Å². The van der Waals surface area contributed by atoms with Gasteiger partial charge in [-0.2, -0.15) is 0 Å². The fraction of sp³-hybridized carbons (Fsp3) is 0.857. The van der Waals surface area contributed by atoms with Gasteiger partial charge in [0, 0.05) is 6.42 Å². The van der Waals surface area contributed by atoms with Crippen molar-refractivity contribution in [1.29, 1.82) is 0 Å². The van der Waals surface area contributed by atoms with Gasteiger partial charge in [0.1, 0.15) is 6.61 Å². The van der Waals surface area contributed by atoms with Gasteiger partial charge in [-0.1, -0.05) is 57.6 Å². The smallest absolute Gasteiger partial charge is 0.305 e. The molecule has 0 aliphatic carbocycles. The maximum Gasteiger partial charge on any atom is 0.305 e. The first-order chi connectivity index (χ1) is 12.6. The Hall–Kier alpha value is -0.910. The standard InChI is InChI=1S/C21H40O5/c1-2-3-4-5-6-7-8-9-10-11-12-13-14-15-20(25)26-19-21(16-22,17-23)18-24/h7-8,22-24H,2-6,9-19H2,1H3/b8-7-. The minimum atomic E-state index is -1.14. The van der Waals surface area contributed by atoms with Crippen molar-refractivity contribution in [3.8, 4) is 0 Å². The summed E-state index contributed by atoms with van der Waals surface area (Å²) in [6, 6.07) is 0. The molecule has 0 unspecified atom stereocenters. The lowest BCUT2D eigenvalue weighted by atomic mass is 9.93. The number of rotatable bonds is 18. The van der Waals surface area contributed by atoms with E-state index >= 15 is 0 Å². The van der Waals surface area contributed by atoms with Crippen LogP contribution >= 0.6 is 0 Å². The van der Waals surface area contributed by atoms with Crippen molar-refractivity contribution < 1.29 is 24.9 Å². The third kappa shape index (κ3) is 13.3. The van der Waals surface area contributed by atoms with Crippen LogP contribution in [0.15, 0.2) is 12.2 Å². The summed E-state index contributed by atoms with van der Waals surface area (Å²) in [7, 11) is 0. The van der Waals surface area contributed by atoms with Crippen LogP contribution in [0.4, 0.5) is 0 Å². The average Bonchev–Trinajstić information content (AvgIpc) is 2.67.